The van der Waals surface area contributed by atoms with Gasteiger partial charge in [0.25, 0.3) is 17.7 Å². The third-order valence-electron chi connectivity index (χ3n) is 13.1. The molecular weight excluding hydrogens is 853 g/mol. The molecule has 364 valence electrons. The number of benzene rings is 5. The Morgan fingerprint density at radius 3 is 1.54 bits per heavy atom. The molecule has 0 spiro atoms. The van der Waals surface area contributed by atoms with Gasteiger partial charge in [-0.15, -0.1) is 0 Å². The molecule has 9 nitrogen and oxygen atoms in total. The van der Waals surface area contributed by atoms with Gasteiger partial charge in [-0.25, -0.2) is 0 Å². The van der Waals surface area contributed by atoms with Crippen molar-refractivity contribution in [3.8, 4) is 0 Å². The van der Waals surface area contributed by atoms with Crippen LogP contribution in [0.4, 0.5) is 0 Å². The zero-order chi connectivity index (χ0) is 50.9. The van der Waals surface area contributed by atoms with E-state index in [2.05, 4.69) is 190 Å². The van der Waals surface area contributed by atoms with Crippen molar-refractivity contribution in [2.24, 2.45) is 4.99 Å². The first-order valence-electron chi connectivity index (χ1n) is 24.3. The van der Waals surface area contributed by atoms with E-state index in [0.717, 1.165) is 52.0 Å². The maximum absolute atomic E-state index is 11.7. The van der Waals surface area contributed by atoms with Gasteiger partial charge in [-0.2, -0.15) is 5.10 Å². The number of aliphatic imine (C=N–C) groups is 1. The average Bonchev–Trinajstić information content (AvgIpc) is 4.12. The lowest BCUT2D eigenvalue weighted by molar-refractivity contribution is 0.0815. The summed E-state index contributed by atoms with van der Waals surface area (Å²) >= 11 is 0. The van der Waals surface area contributed by atoms with Crippen molar-refractivity contribution in [1.82, 2.24) is 25.7 Å². The summed E-state index contributed by atoms with van der Waals surface area (Å²) < 4.78 is 0. The summed E-state index contributed by atoms with van der Waals surface area (Å²) in [6.45, 7) is 35.9. The molecule has 0 unspecified atom stereocenters. The van der Waals surface area contributed by atoms with Crippen LogP contribution in [-0.2, 0) is 53.3 Å². The Morgan fingerprint density at radius 2 is 0.942 bits per heavy atom. The average molecular weight is 929 g/mol. The normalized spacial score (nSPS) is 14.7. The van der Waals surface area contributed by atoms with E-state index in [1.807, 2.05) is 49.8 Å². The molecule has 0 aliphatic carbocycles. The van der Waals surface area contributed by atoms with Crippen LogP contribution in [0.2, 0.25) is 0 Å². The van der Waals surface area contributed by atoms with E-state index < -0.39 is 0 Å². The second kappa shape index (κ2) is 19.9. The molecule has 1 aromatic heterocycles. The van der Waals surface area contributed by atoms with Gasteiger partial charge in [-0.1, -0.05) is 165 Å². The van der Waals surface area contributed by atoms with E-state index in [0.29, 0.717) is 13.1 Å². The predicted molar refractivity (Wildman–Crippen MR) is 285 cm³/mol. The molecule has 0 saturated heterocycles. The van der Waals surface area contributed by atoms with Crippen LogP contribution >= 0.6 is 0 Å². The first kappa shape index (κ1) is 52.0. The van der Waals surface area contributed by atoms with Crippen molar-refractivity contribution in [3.05, 3.63) is 170 Å². The molecule has 3 amide bonds. The summed E-state index contributed by atoms with van der Waals surface area (Å²) in [7, 11) is 1.85. The number of hydrogen-bond acceptors (Lipinski definition) is 5. The van der Waals surface area contributed by atoms with Gasteiger partial charge in [0, 0.05) is 55.0 Å². The van der Waals surface area contributed by atoms with Crippen molar-refractivity contribution >= 4 is 34.8 Å². The van der Waals surface area contributed by atoms with Crippen molar-refractivity contribution in [1.29, 1.82) is 0 Å². The number of nitrogens with zero attached hydrogens (tertiary/aromatic N) is 3. The number of aromatic nitrogens is 2. The summed E-state index contributed by atoms with van der Waals surface area (Å²) in [4.78, 5) is 40.4. The first-order valence-corrected chi connectivity index (χ1v) is 24.3. The van der Waals surface area contributed by atoms with Crippen LogP contribution in [-0.4, -0.2) is 46.1 Å². The molecule has 0 saturated carbocycles. The molecule has 69 heavy (non-hydrogen) atoms. The fraction of sp³-hybridized carbons (Fsp3) is 0.417. The lowest BCUT2D eigenvalue weighted by Crippen LogP contribution is -2.17. The highest BCUT2D eigenvalue weighted by Gasteiger charge is 2.27. The molecule has 5 aromatic carbocycles. The number of carbonyl (C=O) groups excluding carboxylic acids is 3. The van der Waals surface area contributed by atoms with Gasteiger partial charge in [0.2, 0.25) is 0 Å². The number of fused-ring (bicyclic) bond motifs is 5. The fourth-order valence-electron chi connectivity index (χ4n) is 8.30. The van der Waals surface area contributed by atoms with Crippen LogP contribution in [0.15, 0.2) is 102 Å². The predicted octanol–water partition coefficient (Wildman–Crippen LogP) is 12.8. The van der Waals surface area contributed by atoms with Crippen LogP contribution < -0.4 is 10.6 Å². The number of H-pyrrole nitrogens is 1. The largest absolute Gasteiger partial charge is 0.348 e. The topological polar surface area (TPSA) is 120 Å². The van der Waals surface area contributed by atoms with E-state index in [9.17, 15) is 14.4 Å². The third kappa shape index (κ3) is 12.9. The number of nitrogens with one attached hydrogen (secondary N) is 3. The number of aromatic amines is 1. The number of carbonyl (C=O) groups is 3. The zero-order valence-electron chi connectivity index (χ0n) is 44.2. The van der Waals surface area contributed by atoms with Gasteiger partial charge < -0.3 is 15.5 Å². The van der Waals surface area contributed by atoms with Gasteiger partial charge in [-0.05, 0) is 113 Å². The van der Waals surface area contributed by atoms with Crippen LogP contribution in [0.1, 0.15) is 191 Å². The molecule has 0 radical (unpaired) electrons. The quantitative estimate of drug-likeness (QED) is 0.141. The Kier molecular flexibility index (Phi) is 15.0. The Labute approximate surface area is 412 Å². The molecule has 0 atom stereocenters. The van der Waals surface area contributed by atoms with Gasteiger partial charge >= 0.3 is 0 Å². The second-order valence-corrected chi connectivity index (χ2v) is 23.9. The zero-order valence-corrected chi connectivity index (χ0v) is 44.2. The Bertz CT molecular complexity index is 2880. The molecule has 6 aromatic rings. The van der Waals surface area contributed by atoms with Crippen molar-refractivity contribution in [2.75, 3.05) is 7.05 Å². The number of amides is 3. The lowest BCUT2D eigenvalue weighted by atomic mass is 9.85. The van der Waals surface area contributed by atoms with Crippen molar-refractivity contribution in [2.45, 2.75) is 157 Å². The minimum atomic E-state index is 0.0560. The molecule has 4 aliphatic heterocycles. The monoisotopic (exact) mass is 929 g/mol. The lowest BCUT2D eigenvalue weighted by Gasteiger charge is -2.19. The van der Waals surface area contributed by atoms with E-state index in [1.54, 1.807) is 4.90 Å². The third-order valence-corrected chi connectivity index (χ3v) is 13.1. The summed E-state index contributed by atoms with van der Waals surface area (Å²) in [5.41, 5.74) is 17.1. The highest BCUT2D eigenvalue weighted by Crippen LogP contribution is 2.31. The molecule has 3 N–H and O–H groups in total. The van der Waals surface area contributed by atoms with Crippen LogP contribution in [0, 0.1) is 0 Å². The smallest absolute Gasteiger partial charge is 0.254 e. The van der Waals surface area contributed by atoms with Gasteiger partial charge in [0.1, 0.15) is 0 Å². The standard InChI is InChI=1S/C13H17NO.2C12H15NO.C12H15N.C11H14N2/c1-13(2,3)10-5-6-11-9(7-10)8-14(4)12(11)15;1-12(2,3)9-4-5-10-8(6-9)7-13-11(10)14;1-12(2,3)9-5-4-8-7-13-11(14)10(8)6-9;1-12(2,3)11-5-4-9-7-13-8-10(9)6-11;1-11(2,3)9-4-5-10-8(6-9)7-12-13-10/h5-7H,8H2,1-4H3;2*4-6H,7H2,1-3H3,(H,13,14);4-7H,8H2,1-3H3;4-7H,1-3H3,(H,12,13). The molecule has 0 bridgehead atoms. The van der Waals surface area contributed by atoms with Crippen molar-refractivity contribution < 1.29 is 14.4 Å². The van der Waals surface area contributed by atoms with Crippen molar-refractivity contribution in [3.63, 3.8) is 0 Å². The SMILES string of the molecule is CC(C)(C)c1ccc2[nH]ncc2c1.CC(C)(C)c1ccc2c(c1)C(=O)NC2.CC(C)(C)c1ccc2c(c1)CN=C2.CC(C)(C)c1ccc2c(c1)CNC2=O.CN1Cc2cc(C(C)(C)C)ccc2C1=O. The maximum atomic E-state index is 11.7. The van der Waals surface area contributed by atoms with E-state index in [1.165, 1.54) is 44.3 Å². The molecule has 0 fully saturated rings. The highest BCUT2D eigenvalue weighted by molar-refractivity contribution is 5.99. The fourth-order valence-corrected chi connectivity index (χ4v) is 8.30. The summed E-state index contributed by atoms with van der Waals surface area (Å²) in [5.74, 6) is 0.261. The minimum absolute atomic E-state index is 0.0560. The van der Waals surface area contributed by atoms with E-state index in [4.69, 9.17) is 0 Å². The molecule has 5 heterocycles. The van der Waals surface area contributed by atoms with Gasteiger partial charge in [0.05, 0.1) is 18.3 Å². The van der Waals surface area contributed by atoms with Crippen LogP contribution in [0.5, 0.6) is 0 Å². The number of hydrogen-bond donors (Lipinski definition) is 3. The van der Waals surface area contributed by atoms with Gasteiger partial charge in [-0.3, -0.25) is 24.5 Å². The van der Waals surface area contributed by atoms with Crippen LogP contribution in [0.3, 0.4) is 0 Å². The summed E-state index contributed by atoms with van der Waals surface area (Å²) in [6.07, 6.45) is 3.83. The van der Waals surface area contributed by atoms with E-state index >= 15 is 0 Å². The highest BCUT2D eigenvalue weighted by atomic mass is 16.2. The minimum Gasteiger partial charge on any atom is -0.348 e. The Morgan fingerprint density at radius 1 is 0.478 bits per heavy atom. The molecule has 10 rings (SSSR count). The second-order valence-electron chi connectivity index (χ2n) is 23.9. The summed E-state index contributed by atoms with van der Waals surface area (Å²) in [6, 6.07) is 31.6. The number of rotatable bonds is 0. The first-order chi connectivity index (χ1) is 32.0. The van der Waals surface area contributed by atoms with E-state index in [-0.39, 0.29) is 44.8 Å². The Balaban J connectivity index is 0.000000142. The molecule has 9 heteroatoms. The summed E-state index contributed by atoms with van der Waals surface area (Å²) in [5, 5.41) is 13.8. The van der Waals surface area contributed by atoms with Crippen LogP contribution in [0.25, 0.3) is 10.9 Å². The maximum Gasteiger partial charge on any atom is 0.254 e. The molecular formula is C60H76N6O3. The molecule has 4 aliphatic rings. The van der Waals surface area contributed by atoms with Gasteiger partial charge in [0.15, 0.2) is 0 Å². The Hall–Kier alpha value is -6.35.